The van der Waals surface area contributed by atoms with Crippen molar-refractivity contribution in [3.05, 3.63) is 59.9 Å². The number of hydrogen-bond acceptors (Lipinski definition) is 5. The molecule has 0 fully saturated rings. The van der Waals surface area contributed by atoms with E-state index in [-0.39, 0.29) is 5.91 Å². The van der Waals surface area contributed by atoms with Crippen molar-refractivity contribution in [1.29, 1.82) is 0 Å². The Hall–Kier alpha value is -2.93. The third-order valence-corrected chi connectivity index (χ3v) is 3.70. The molecule has 0 aliphatic rings. The molecule has 1 amide bonds. The second-order valence-corrected chi connectivity index (χ2v) is 6.26. The van der Waals surface area contributed by atoms with Gasteiger partial charge in [-0.1, -0.05) is 17.7 Å². The van der Waals surface area contributed by atoms with Crippen molar-refractivity contribution >= 4 is 23.2 Å². The molecular weight excluding hydrogens is 342 g/mol. The fraction of sp³-hybridized carbons (Fsp3) is 0.176. The van der Waals surface area contributed by atoms with Gasteiger partial charge < -0.3 is 10.1 Å². The average Bonchev–Trinajstić information content (AvgIpc) is 3.11. The van der Waals surface area contributed by atoms with Gasteiger partial charge in [0.2, 0.25) is 0 Å². The van der Waals surface area contributed by atoms with Crippen molar-refractivity contribution in [1.82, 2.24) is 20.2 Å². The summed E-state index contributed by atoms with van der Waals surface area (Å²) in [6.07, 6.45) is 1.48. The molecule has 0 aliphatic carbocycles. The summed E-state index contributed by atoms with van der Waals surface area (Å²) < 4.78 is 7.29. The van der Waals surface area contributed by atoms with E-state index in [2.05, 4.69) is 20.8 Å². The Morgan fingerprint density at radius 1 is 1.20 bits per heavy atom. The van der Waals surface area contributed by atoms with E-state index < -0.39 is 5.60 Å². The van der Waals surface area contributed by atoms with E-state index in [4.69, 9.17) is 16.3 Å². The molecule has 0 radical (unpaired) electrons. The van der Waals surface area contributed by atoms with Gasteiger partial charge in [-0.15, -0.1) is 5.10 Å². The van der Waals surface area contributed by atoms with Gasteiger partial charge in [0, 0.05) is 10.7 Å². The zero-order chi connectivity index (χ0) is 17.9. The van der Waals surface area contributed by atoms with Crippen molar-refractivity contribution in [2.45, 2.75) is 19.4 Å². The number of ether oxygens (including phenoxy) is 1. The highest BCUT2D eigenvalue weighted by molar-refractivity contribution is 6.30. The largest absolute Gasteiger partial charge is 0.478 e. The number of aromatic nitrogens is 4. The number of carbonyl (C=O) groups excluding carboxylic acids is 1. The third kappa shape index (κ3) is 4.13. The number of rotatable bonds is 5. The first-order valence-corrected chi connectivity index (χ1v) is 7.91. The summed E-state index contributed by atoms with van der Waals surface area (Å²) in [6, 6.07) is 14.0. The lowest BCUT2D eigenvalue weighted by Crippen LogP contribution is -2.42. The normalized spacial score (nSPS) is 11.2. The van der Waals surface area contributed by atoms with Gasteiger partial charge >= 0.3 is 0 Å². The van der Waals surface area contributed by atoms with Gasteiger partial charge in [-0.3, -0.25) is 4.79 Å². The number of carbonyl (C=O) groups is 1. The predicted molar refractivity (Wildman–Crippen MR) is 93.9 cm³/mol. The molecule has 3 aromatic rings. The number of tetrazole rings is 1. The third-order valence-electron chi connectivity index (χ3n) is 3.45. The Morgan fingerprint density at radius 3 is 2.64 bits per heavy atom. The Labute approximate surface area is 149 Å². The number of benzene rings is 2. The van der Waals surface area contributed by atoms with Crippen LogP contribution in [-0.4, -0.2) is 31.7 Å². The first-order valence-electron chi connectivity index (χ1n) is 7.53. The molecule has 1 aromatic heterocycles. The molecule has 0 aliphatic heterocycles. The van der Waals surface area contributed by atoms with E-state index in [1.807, 2.05) is 6.07 Å². The van der Waals surface area contributed by atoms with Gasteiger partial charge in [0.25, 0.3) is 5.91 Å². The standard InChI is InChI=1S/C17H16ClN5O2/c1-17(2,25-15-8-6-12(18)7-9-15)16(24)20-13-4-3-5-14(10-13)23-11-19-21-22-23/h3-11H,1-2H3,(H,20,24). The summed E-state index contributed by atoms with van der Waals surface area (Å²) in [5.41, 5.74) is 0.281. The molecule has 1 heterocycles. The van der Waals surface area contributed by atoms with Gasteiger partial charge in [-0.2, -0.15) is 0 Å². The smallest absolute Gasteiger partial charge is 0.267 e. The number of amides is 1. The number of nitrogens with zero attached hydrogens (tertiary/aromatic N) is 4. The Bertz CT molecular complexity index is 863. The van der Waals surface area contributed by atoms with E-state index in [0.29, 0.717) is 16.5 Å². The van der Waals surface area contributed by atoms with Crippen molar-refractivity contribution in [2.75, 3.05) is 5.32 Å². The highest BCUT2D eigenvalue weighted by atomic mass is 35.5. The SMILES string of the molecule is CC(C)(Oc1ccc(Cl)cc1)C(=O)Nc1cccc(-n2cnnn2)c1. The second kappa shape index (κ2) is 6.90. The zero-order valence-electron chi connectivity index (χ0n) is 13.7. The average molecular weight is 358 g/mol. The topological polar surface area (TPSA) is 81.9 Å². The van der Waals surface area contributed by atoms with E-state index in [9.17, 15) is 4.79 Å². The van der Waals surface area contributed by atoms with Gasteiger partial charge in [0.05, 0.1) is 5.69 Å². The molecule has 128 valence electrons. The molecule has 8 heteroatoms. The molecule has 0 saturated heterocycles. The minimum atomic E-state index is -1.07. The van der Waals surface area contributed by atoms with Gasteiger partial charge in [0.1, 0.15) is 12.1 Å². The van der Waals surface area contributed by atoms with Crippen LogP contribution in [0.3, 0.4) is 0 Å². The Kier molecular flexibility index (Phi) is 4.67. The Morgan fingerprint density at radius 2 is 1.96 bits per heavy atom. The molecule has 0 bridgehead atoms. The van der Waals surface area contributed by atoms with Crippen molar-refractivity contribution in [3.63, 3.8) is 0 Å². The lowest BCUT2D eigenvalue weighted by molar-refractivity contribution is -0.128. The van der Waals surface area contributed by atoms with Crippen LogP contribution < -0.4 is 10.1 Å². The van der Waals surface area contributed by atoms with Crippen LogP contribution in [-0.2, 0) is 4.79 Å². The van der Waals surface area contributed by atoms with Gasteiger partial charge in [-0.25, -0.2) is 4.68 Å². The minimum absolute atomic E-state index is 0.281. The van der Waals surface area contributed by atoms with Crippen LogP contribution in [0.4, 0.5) is 5.69 Å². The van der Waals surface area contributed by atoms with Crippen molar-refractivity contribution in [3.8, 4) is 11.4 Å². The number of halogens is 1. The molecular formula is C17H16ClN5O2. The van der Waals surface area contributed by atoms with Crippen molar-refractivity contribution in [2.24, 2.45) is 0 Å². The maximum absolute atomic E-state index is 12.6. The van der Waals surface area contributed by atoms with E-state index in [1.165, 1.54) is 11.0 Å². The fourth-order valence-corrected chi connectivity index (χ4v) is 2.26. The molecule has 1 N–H and O–H groups in total. The van der Waals surface area contributed by atoms with Crippen LogP contribution >= 0.6 is 11.6 Å². The van der Waals surface area contributed by atoms with Crippen LogP contribution in [0.1, 0.15) is 13.8 Å². The number of nitrogens with one attached hydrogen (secondary N) is 1. The lowest BCUT2D eigenvalue weighted by Gasteiger charge is -2.25. The minimum Gasteiger partial charge on any atom is -0.478 e. The van der Waals surface area contributed by atoms with Crippen LogP contribution in [0.5, 0.6) is 5.75 Å². The van der Waals surface area contributed by atoms with Crippen LogP contribution in [0.25, 0.3) is 5.69 Å². The molecule has 0 saturated carbocycles. The summed E-state index contributed by atoms with van der Waals surface area (Å²) in [7, 11) is 0. The van der Waals surface area contributed by atoms with Gasteiger partial charge in [-0.05, 0) is 66.7 Å². The first kappa shape index (κ1) is 16.9. The number of anilines is 1. The summed E-state index contributed by atoms with van der Waals surface area (Å²) in [5, 5.41) is 14.5. The molecule has 2 aromatic carbocycles. The zero-order valence-corrected chi connectivity index (χ0v) is 14.4. The highest BCUT2D eigenvalue weighted by Gasteiger charge is 2.30. The van der Waals surface area contributed by atoms with Crippen molar-refractivity contribution < 1.29 is 9.53 Å². The molecule has 0 atom stereocenters. The second-order valence-electron chi connectivity index (χ2n) is 5.83. The highest BCUT2D eigenvalue weighted by Crippen LogP contribution is 2.22. The van der Waals surface area contributed by atoms with E-state index in [0.717, 1.165) is 5.69 Å². The first-order chi connectivity index (χ1) is 11.9. The van der Waals surface area contributed by atoms with Gasteiger partial charge in [0.15, 0.2) is 5.60 Å². The molecule has 3 rings (SSSR count). The molecule has 0 spiro atoms. The monoisotopic (exact) mass is 357 g/mol. The van der Waals surface area contributed by atoms with Crippen LogP contribution in [0.15, 0.2) is 54.9 Å². The Balaban J connectivity index is 1.72. The van der Waals surface area contributed by atoms with Crippen LogP contribution in [0.2, 0.25) is 5.02 Å². The summed E-state index contributed by atoms with van der Waals surface area (Å²) in [6.45, 7) is 3.39. The lowest BCUT2D eigenvalue weighted by atomic mass is 10.1. The molecule has 25 heavy (non-hydrogen) atoms. The maximum Gasteiger partial charge on any atom is 0.267 e. The fourth-order valence-electron chi connectivity index (χ4n) is 2.13. The maximum atomic E-state index is 12.6. The van der Waals surface area contributed by atoms with Crippen LogP contribution in [0, 0.1) is 0 Å². The van der Waals surface area contributed by atoms with E-state index >= 15 is 0 Å². The van der Waals surface area contributed by atoms with E-state index in [1.54, 1.807) is 56.3 Å². The summed E-state index contributed by atoms with van der Waals surface area (Å²) in [4.78, 5) is 12.6. The summed E-state index contributed by atoms with van der Waals surface area (Å²) >= 11 is 5.86. The predicted octanol–water partition coefficient (Wildman–Crippen LogP) is 3.11. The molecule has 7 nitrogen and oxygen atoms in total. The quantitative estimate of drug-likeness (QED) is 0.758. The number of hydrogen-bond donors (Lipinski definition) is 1. The summed E-state index contributed by atoms with van der Waals surface area (Å²) in [5.74, 6) is 0.281. The molecule has 0 unspecified atom stereocenters.